The molecule has 0 aromatic carbocycles. The Morgan fingerprint density at radius 1 is 0.833 bits per heavy atom. The smallest absolute Gasteiger partial charge is 0.456 e. The Bertz CT molecular complexity index is 618. The van der Waals surface area contributed by atoms with E-state index < -0.39 is 53.5 Å². The van der Waals surface area contributed by atoms with Gasteiger partial charge in [0.2, 0.25) is 0 Å². The van der Waals surface area contributed by atoms with Crippen molar-refractivity contribution in [2.24, 2.45) is 16.2 Å². The van der Waals surface area contributed by atoms with Gasteiger partial charge in [-0.25, -0.2) is 0 Å². The summed E-state index contributed by atoms with van der Waals surface area (Å²) in [6.45, 7) is 14.1. The number of esters is 2. The van der Waals surface area contributed by atoms with E-state index in [0.29, 0.717) is 6.42 Å². The van der Waals surface area contributed by atoms with Crippen molar-refractivity contribution in [1.29, 1.82) is 0 Å². The zero-order valence-corrected chi connectivity index (χ0v) is 19.4. The lowest BCUT2D eigenvalue weighted by atomic mass is 9.60. The summed E-state index contributed by atoms with van der Waals surface area (Å²) in [6.07, 6.45) is -5.17. The lowest BCUT2D eigenvalue weighted by Gasteiger charge is -2.45. The molecule has 0 amide bonds. The molecule has 9 heteroatoms. The number of carbonyl (C=O) groups is 2. The van der Waals surface area contributed by atoms with Gasteiger partial charge in [-0.2, -0.15) is 22.0 Å². The molecular formula is C21H35F5O4. The summed E-state index contributed by atoms with van der Waals surface area (Å²) in [6, 6.07) is 0. The van der Waals surface area contributed by atoms with Gasteiger partial charge in [0, 0.05) is 0 Å². The Morgan fingerprint density at radius 2 is 1.30 bits per heavy atom. The van der Waals surface area contributed by atoms with Gasteiger partial charge in [-0.05, 0) is 38.0 Å². The van der Waals surface area contributed by atoms with Gasteiger partial charge in [0.1, 0.15) is 5.60 Å². The maximum absolute atomic E-state index is 13.1. The molecule has 0 N–H and O–H groups in total. The summed E-state index contributed by atoms with van der Waals surface area (Å²) in [5.41, 5.74) is -3.06. The Hall–Kier alpha value is -1.41. The first-order chi connectivity index (χ1) is 13.0. The number of ether oxygens (including phenoxy) is 2. The van der Waals surface area contributed by atoms with Gasteiger partial charge in [0.15, 0.2) is 6.61 Å². The fourth-order valence-electron chi connectivity index (χ4n) is 2.78. The topological polar surface area (TPSA) is 52.6 Å². The predicted octanol–water partition coefficient (Wildman–Crippen LogP) is 6.32. The minimum Gasteiger partial charge on any atom is -0.459 e. The van der Waals surface area contributed by atoms with Crippen LogP contribution in [0.15, 0.2) is 0 Å². The fourth-order valence-corrected chi connectivity index (χ4v) is 2.78. The van der Waals surface area contributed by atoms with E-state index in [1.54, 1.807) is 6.92 Å². The largest absolute Gasteiger partial charge is 0.459 e. The fraction of sp³-hybridized carbons (Fsp3) is 0.905. The maximum Gasteiger partial charge on any atom is 0.456 e. The van der Waals surface area contributed by atoms with Crippen molar-refractivity contribution < 1.29 is 41.0 Å². The van der Waals surface area contributed by atoms with E-state index in [-0.39, 0.29) is 5.41 Å². The van der Waals surface area contributed by atoms with Crippen molar-refractivity contribution in [3.63, 3.8) is 0 Å². The molecule has 1 atom stereocenters. The summed E-state index contributed by atoms with van der Waals surface area (Å²) < 4.78 is 72.1. The Kier molecular flexibility index (Phi) is 8.56. The molecule has 1 unspecified atom stereocenters. The van der Waals surface area contributed by atoms with E-state index in [1.165, 1.54) is 13.8 Å². The second-order valence-corrected chi connectivity index (χ2v) is 10.5. The summed E-state index contributed by atoms with van der Waals surface area (Å²) >= 11 is 0. The molecule has 0 bridgehead atoms. The van der Waals surface area contributed by atoms with Gasteiger partial charge in [-0.15, -0.1) is 0 Å². The molecule has 4 nitrogen and oxygen atoms in total. The third-order valence-corrected chi connectivity index (χ3v) is 5.66. The van der Waals surface area contributed by atoms with Gasteiger partial charge in [-0.1, -0.05) is 48.0 Å². The van der Waals surface area contributed by atoms with Crippen molar-refractivity contribution in [2.75, 3.05) is 6.61 Å². The molecule has 0 radical (unpaired) electrons. The molecule has 0 aromatic heterocycles. The molecule has 0 aliphatic carbocycles. The van der Waals surface area contributed by atoms with Crippen molar-refractivity contribution in [1.82, 2.24) is 0 Å². The third-order valence-electron chi connectivity index (χ3n) is 5.66. The zero-order chi connectivity index (χ0) is 24.4. The van der Waals surface area contributed by atoms with Crippen LogP contribution in [-0.4, -0.2) is 36.2 Å². The Labute approximate surface area is 175 Å². The summed E-state index contributed by atoms with van der Waals surface area (Å²) in [5, 5.41) is 0. The minimum atomic E-state index is -5.82. The Morgan fingerprint density at radius 3 is 1.67 bits per heavy atom. The molecule has 30 heavy (non-hydrogen) atoms. The van der Waals surface area contributed by atoms with Crippen LogP contribution in [0.2, 0.25) is 0 Å². The molecule has 0 rings (SSSR count). The number of hydrogen-bond acceptors (Lipinski definition) is 4. The monoisotopic (exact) mass is 446 g/mol. The van der Waals surface area contributed by atoms with Crippen LogP contribution in [0.4, 0.5) is 22.0 Å². The van der Waals surface area contributed by atoms with Crippen LogP contribution in [0.3, 0.4) is 0 Å². The summed E-state index contributed by atoms with van der Waals surface area (Å²) in [7, 11) is 0. The molecule has 0 fully saturated rings. The number of rotatable bonds is 9. The lowest BCUT2D eigenvalue weighted by molar-refractivity contribution is -0.294. The molecule has 0 heterocycles. The lowest BCUT2D eigenvalue weighted by Crippen LogP contribution is -2.48. The van der Waals surface area contributed by atoms with Crippen molar-refractivity contribution in [2.45, 2.75) is 99.3 Å². The van der Waals surface area contributed by atoms with E-state index >= 15 is 0 Å². The molecule has 0 aliphatic heterocycles. The SMILES string of the molecule is CCC(C)(C)CC(C)(C(=O)OC(C)(C)CC(=O)OCC(F)(F)C(F)(F)F)C(C)(C)C. The van der Waals surface area contributed by atoms with E-state index in [9.17, 15) is 31.5 Å². The van der Waals surface area contributed by atoms with Gasteiger partial charge in [0.05, 0.1) is 11.8 Å². The highest BCUT2D eigenvalue weighted by Gasteiger charge is 2.58. The zero-order valence-electron chi connectivity index (χ0n) is 19.4. The third kappa shape index (κ3) is 7.69. The van der Waals surface area contributed by atoms with E-state index in [2.05, 4.69) is 4.74 Å². The number of alkyl halides is 5. The second-order valence-electron chi connectivity index (χ2n) is 10.5. The molecule has 0 saturated heterocycles. The van der Waals surface area contributed by atoms with Crippen LogP contribution in [0.25, 0.3) is 0 Å². The molecule has 0 aliphatic rings. The first-order valence-electron chi connectivity index (χ1n) is 9.83. The predicted molar refractivity (Wildman–Crippen MR) is 103 cm³/mol. The first-order valence-corrected chi connectivity index (χ1v) is 9.83. The van der Waals surface area contributed by atoms with E-state index in [1.807, 2.05) is 41.5 Å². The van der Waals surface area contributed by atoms with Gasteiger partial charge < -0.3 is 9.47 Å². The minimum absolute atomic E-state index is 0.173. The van der Waals surface area contributed by atoms with Crippen LogP contribution in [0, 0.1) is 16.2 Å². The average Bonchev–Trinajstić information content (AvgIpc) is 2.49. The molecule has 0 spiro atoms. The highest BCUT2D eigenvalue weighted by atomic mass is 19.4. The van der Waals surface area contributed by atoms with E-state index in [0.717, 1.165) is 6.42 Å². The molecule has 0 aromatic rings. The van der Waals surface area contributed by atoms with Crippen LogP contribution in [0.5, 0.6) is 0 Å². The Balaban J connectivity index is 5.31. The number of halogens is 5. The average molecular weight is 446 g/mol. The van der Waals surface area contributed by atoms with Crippen molar-refractivity contribution in [3.05, 3.63) is 0 Å². The summed E-state index contributed by atoms with van der Waals surface area (Å²) in [5.74, 6) is -7.04. The van der Waals surface area contributed by atoms with Crippen LogP contribution in [0.1, 0.15) is 81.6 Å². The van der Waals surface area contributed by atoms with Gasteiger partial charge >= 0.3 is 24.0 Å². The normalized spacial score (nSPS) is 16.1. The van der Waals surface area contributed by atoms with Crippen LogP contribution in [-0.2, 0) is 19.1 Å². The van der Waals surface area contributed by atoms with Gasteiger partial charge in [0.25, 0.3) is 0 Å². The van der Waals surface area contributed by atoms with Crippen molar-refractivity contribution >= 4 is 11.9 Å². The molecule has 178 valence electrons. The van der Waals surface area contributed by atoms with Crippen LogP contribution < -0.4 is 0 Å². The van der Waals surface area contributed by atoms with Gasteiger partial charge in [-0.3, -0.25) is 9.59 Å². The highest BCUT2D eigenvalue weighted by molar-refractivity contribution is 5.79. The molecular weight excluding hydrogens is 411 g/mol. The summed E-state index contributed by atoms with van der Waals surface area (Å²) in [4.78, 5) is 24.9. The van der Waals surface area contributed by atoms with Crippen LogP contribution >= 0.6 is 0 Å². The molecule has 0 saturated carbocycles. The quantitative estimate of drug-likeness (QED) is 0.307. The first kappa shape index (κ1) is 28.6. The van der Waals surface area contributed by atoms with E-state index in [4.69, 9.17) is 4.74 Å². The number of carbonyl (C=O) groups excluding carboxylic acids is 2. The van der Waals surface area contributed by atoms with Crippen molar-refractivity contribution in [3.8, 4) is 0 Å². The second kappa shape index (κ2) is 8.99. The standard InChI is InChI=1S/C21H35F5O4/c1-10-17(5,6)12-19(9,16(2,3)4)15(28)30-18(7,8)11-14(27)29-13-20(22,23)21(24,25)26/h10-13H2,1-9H3. The number of hydrogen-bond donors (Lipinski definition) is 0. The maximum atomic E-state index is 13.1. The highest BCUT2D eigenvalue weighted by Crippen LogP contribution is 2.49.